The van der Waals surface area contributed by atoms with Crippen molar-refractivity contribution in [1.29, 1.82) is 0 Å². The molecule has 5 nitrogen and oxygen atoms in total. The Kier molecular flexibility index (Phi) is 5.33. The van der Waals surface area contributed by atoms with Crippen LogP contribution in [0.4, 0.5) is 0 Å². The Morgan fingerprint density at radius 3 is 2.67 bits per heavy atom. The van der Waals surface area contributed by atoms with E-state index in [1.54, 1.807) is 6.20 Å². The highest BCUT2D eigenvalue weighted by molar-refractivity contribution is 5.31. The second-order valence-corrected chi connectivity index (χ2v) is 5.44. The van der Waals surface area contributed by atoms with Gasteiger partial charge in [0, 0.05) is 13.2 Å². The summed E-state index contributed by atoms with van der Waals surface area (Å²) in [5.41, 5.74) is 2.21. The van der Waals surface area contributed by atoms with Crippen LogP contribution < -0.4 is 10.1 Å². The summed E-state index contributed by atoms with van der Waals surface area (Å²) in [5, 5.41) is 3.55. The third-order valence-electron chi connectivity index (χ3n) is 3.19. The number of imidazole rings is 1. The van der Waals surface area contributed by atoms with E-state index in [4.69, 9.17) is 4.74 Å². The van der Waals surface area contributed by atoms with Gasteiger partial charge in [0.2, 0.25) is 0 Å². The van der Waals surface area contributed by atoms with Crippen molar-refractivity contribution in [2.75, 3.05) is 6.54 Å². The fourth-order valence-corrected chi connectivity index (χ4v) is 2.26. The first-order valence-corrected chi connectivity index (χ1v) is 7.43. The Morgan fingerprint density at radius 1 is 1.24 bits per heavy atom. The first-order valence-electron chi connectivity index (χ1n) is 7.43. The molecule has 21 heavy (non-hydrogen) atoms. The summed E-state index contributed by atoms with van der Waals surface area (Å²) in [6.07, 6.45) is 8.56. The monoisotopic (exact) mass is 288 g/mol. The number of ether oxygens (including phenoxy) is 1. The van der Waals surface area contributed by atoms with Crippen molar-refractivity contribution in [3.8, 4) is 5.75 Å². The number of aryl methyl sites for hydroxylation is 1. The fourth-order valence-electron chi connectivity index (χ4n) is 2.26. The molecule has 2 aromatic heterocycles. The van der Waals surface area contributed by atoms with Crippen LogP contribution in [0, 0.1) is 0 Å². The summed E-state index contributed by atoms with van der Waals surface area (Å²) >= 11 is 0. The molecule has 1 atom stereocenters. The van der Waals surface area contributed by atoms with Gasteiger partial charge < -0.3 is 14.6 Å². The zero-order chi connectivity index (χ0) is 15.2. The number of rotatable bonds is 7. The van der Waals surface area contributed by atoms with Crippen LogP contribution in [0.5, 0.6) is 5.75 Å². The van der Waals surface area contributed by atoms with E-state index in [0.29, 0.717) is 0 Å². The Hall–Kier alpha value is -1.88. The molecule has 0 aliphatic heterocycles. The molecule has 0 aromatic carbocycles. The molecule has 0 bridgehead atoms. The molecular weight excluding hydrogens is 264 g/mol. The van der Waals surface area contributed by atoms with Crippen LogP contribution in [-0.4, -0.2) is 27.2 Å². The molecule has 0 aliphatic carbocycles. The number of nitrogens with zero attached hydrogens (tertiary/aromatic N) is 3. The van der Waals surface area contributed by atoms with E-state index in [-0.39, 0.29) is 12.1 Å². The van der Waals surface area contributed by atoms with Gasteiger partial charge in [-0.1, -0.05) is 6.92 Å². The smallest absolute Gasteiger partial charge is 0.138 e. The SMILES string of the molecule is CCCNC(c1cncc(OC(C)C)c1)c1cncn1C. The Bertz CT molecular complexity index is 565. The van der Waals surface area contributed by atoms with Crippen LogP contribution in [0.1, 0.15) is 44.5 Å². The Labute approximate surface area is 126 Å². The summed E-state index contributed by atoms with van der Waals surface area (Å²) in [4.78, 5) is 8.53. The van der Waals surface area contributed by atoms with Gasteiger partial charge in [-0.2, -0.15) is 0 Å². The molecule has 2 rings (SSSR count). The number of pyridine rings is 1. The molecule has 114 valence electrons. The van der Waals surface area contributed by atoms with Crippen LogP contribution in [0.2, 0.25) is 0 Å². The summed E-state index contributed by atoms with van der Waals surface area (Å²) in [5.74, 6) is 0.799. The molecule has 0 spiro atoms. The molecule has 0 radical (unpaired) electrons. The largest absolute Gasteiger partial charge is 0.489 e. The number of nitrogens with one attached hydrogen (secondary N) is 1. The minimum atomic E-state index is 0.0701. The van der Waals surface area contributed by atoms with Crippen LogP contribution >= 0.6 is 0 Å². The lowest BCUT2D eigenvalue weighted by molar-refractivity contribution is 0.241. The Balaban J connectivity index is 2.30. The molecule has 0 aliphatic rings. The minimum Gasteiger partial charge on any atom is -0.489 e. The van der Waals surface area contributed by atoms with Crippen molar-refractivity contribution in [3.05, 3.63) is 42.2 Å². The standard InChI is InChI=1S/C16H24N4O/c1-5-6-19-16(15-10-18-11-20(15)4)13-7-14(9-17-8-13)21-12(2)3/h7-12,16,19H,5-6H2,1-4H3. The molecule has 5 heteroatoms. The van der Waals surface area contributed by atoms with Crippen LogP contribution in [0.3, 0.4) is 0 Å². The van der Waals surface area contributed by atoms with Crippen molar-refractivity contribution in [2.24, 2.45) is 7.05 Å². The van der Waals surface area contributed by atoms with E-state index in [1.165, 1.54) is 0 Å². The molecule has 0 fully saturated rings. The third-order valence-corrected chi connectivity index (χ3v) is 3.19. The summed E-state index contributed by atoms with van der Waals surface area (Å²) in [6.45, 7) is 7.12. The maximum absolute atomic E-state index is 5.74. The van der Waals surface area contributed by atoms with Gasteiger partial charge in [-0.3, -0.25) is 4.98 Å². The van der Waals surface area contributed by atoms with Gasteiger partial charge in [0.15, 0.2) is 0 Å². The van der Waals surface area contributed by atoms with Crippen LogP contribution in [0.15, 0.2) is 31.0 Å². The topological polar surface area (TPSA) is 52.0 Å². The van der Waals surface area contributed by atoms with Crippen molar-refractivity contribution >= 4 is 0 Å². The van der Waals surface area contributed by atoms with Crippen molar-refractivity contribution in [1.82, 2.24) is 19.9 Å². The zero-order valence-corrected chi connectivity index (χ0v) is 13.2. The van der Waals surface area contributed by atoms with Gasteiger partial charge >= 0.3 is 0 Å². The van der Waals surface area contributed by atoms with E-state index in [0.717, 1.165) is 30.0 Å². The van der Waals surface area contributed by atoms with E-state index in [9.17, 15) is 0 Å². The highest BCUT2D eigenvalue weighted by Gasteiger charge is 2.17. The highest BCUT2D eigenvalue weighted by atomic mass is 16.5. The summed E-state index contributed by atoms with van der Waals surface area (Å²) in [7, 11) is 2.00. The highest BCUT2D eigenvalue weighted by Crippen LogP contribution is 2.24. The number of hydrogen-bond acceptors (Lipinski definition) is 4. The van der Waals surface area contributed by atoms with E-state index < -0.39 is 0 Å². The normalized spacial score (nSPS) is 12.6. The number of aromatic nitrogens is 3. The molecule has 2 heterocycles. The minimum absolute atomic E-state index is 0.0701. The molecule has 1 N–H and O–H groups in total. The average Bonchev–Trinajstić information content (AvgIpc) is 2.85. The maximum Gasteiger partial charge on any atom is 0.138 e. The first-order chi connectivity index (χ1) is 10.1. The zero-order valence-electron chi connectivity index (χ0n) is 13.2. The van der Waals surface area contributed by atoms with E-state index >= 15 is 0 Å². The van der Waals surface area contributed by atoms with Gasteiger partial charge in [0.1, 0.15) is 5.75 Å². The van der Waals surface area contributed by atoms with E-state index in [2.05, 4.69) is 22.2 Å². The first kappa shape index (κ1) is 15.5. The van der Waals surface area contributed by atoms with E-state index in [1.807, 2.05) is 50.2 Å². The quantitative estimate of drug-likeness (QED) is 0.851. The Morgan fingerprint density at radius 2 is 2.05 bits per heavy atom. The van der Waals surface area contributed by atoms with Gasteiger partial charge in [0.25, 0.3) is 0 Å². The van der Waals surface area contributed by atoms with Crippen molar-refractivity contribution < 1.29 is 4.74 Å². The van der Waals surface area contributed by atoms with Gasteiger partial charge in [-0.15, -0.1) is 0 Å². The van der Waals surface area contributed by atoms with Crippen molar-refractivity contribution in [2.45, 2.75) is 39.3 Å². The lowest BCUT2D eigenvalue weighted by atomic mass is 10.1. The molecular formula is C16H24N4O. The molecule has 0 saturated carbocycles. The predicted molar refractivity (Wildman–Crippen MR) is 83.3 cm³/mol. The molecule has 2 aromatic rings. The third kappa shape index (κ3) is 4.04. The maximum atomic E-state index is 5.74. The van der Waals surface area contributed by atoms with Crippen molar-refractivity contribution in [3.63, 3.8) is 0 Å². The van der Waals surface area contributed by atoms with Gasteiger partial charge in [-0.25, -0.2) is 4.98 Å². The van der Waals surface area contributed by atoms with Crippen LogP contribution in [0.25, 0.3) is 0 Å². The summed E-state index contributed by atoms with van der Waals surface area (Å²) < 4.78 is 7.78. The lowest BCUT2D eigenvalue weighted by Gasteiger charge is -2.20. The molecule has 1 unspecified atom stereocenters. The van der Waals surface area contributed by atoms with Gasteiger partial charge in [0.05, 0.1) is 36.6 Å². The fraction of sp³-hybridized carbons (Fsp3) is 0.500. The lowest BCUT2D eigenvalue weighted by Crippen LogP contribution is -2.25. The summed E-state index contributed by atoms with van der Waals surface area (Å²) in [6, 6.07) is 2.12. The predicted octanol–water partition coefficient (Wildman–Crippen LogP) is 2.69. The molecule has 0 saturated heterocycles. The number of hydrogen-bond donors (Lipinski definition) is 1. The van der Waals surface area contributed by atoms with Gasteiger partial charge in [-0.05, 0) is 38.4 Å². The molecule has 0 amide bonds. The second kappa shape index (κ2) is 7.22. The average molecular weight is 288 g/mol. The van der Waals surface area contributed by atoms with Crippen LogP contribution in [-0.2, 0) is 7.05 Å². The second-order valence-electron chi connectivity index (χ2n) is 5.44.